The van der Waals surface area contributed by atoms with Gasteiger partial charge in [-0.15, -0.1) is 0 Å². The second-order valence-electron chi connectivity index (χ2n) is 5.41. The molecule has 2 N–H and O–H groups in total. The second-order valence-corrected chi connectivity index (χ2v) is 5.84. The molecule has 0 aliphatic rings. The van der Waals surface area contributed by atoms with Crippen molar-refractivity contribution in [2.75, 3.05) is 7.11 Å². The molecule has 0 aliphatic heterocycles. The Morgan fingerprint density at radius 1 is 1.35 bits per heavy atom. The van der Waals surface area contributed by atoms with E-state index in [1.54, 1.807) is 25.3 Å². The number of methoxy groups -OCH3 is 1. The summed E-state index contributed by atoms with van der Waals surface area (Å²) in [5.74, 6) is 0.971. The molecule has 4 heteroatoms. The first-order valence-corrected chi connectivity index (χ1v) is 7.42. The quantitative estimate of drug-likeness (QED) is 0.797. The van der Waals surface area contributed by atoms with Crippen molar-refractivity contribution < 1.29 is 9.53 Å². The van der Waals surface area contributed by atoms with Gasteiger partial charge in [0.25, 0.3) is 0 Å². The second kappa shape index (κ2) is 8.28. The van der Waals surface area contributed by atoms with Crippen molar-refractivity contribution in [3.63, 3.8) is 0 Å². The Bertz CT molecular complexity index is 446. The molecule has 0 heterocycles. The standard InChI is InChI=1S/C16H24ClNO2/c1-11(5-4-6-12(2)18)15(19)10-13-9-14(17)7-8-16(13)20-3/h7-9,11-12H,4-6,10,18H2,1-3H3. The molecule has 2 atom stereocenters. The first-order chi connectivity index (χ1) is 9.43. The molecule has 0 spiro atoms. The van der Waals surface area contributed by atoms with E-state index in [1.165, 1.54) is 0 Å². The van der Waals surface area contributed by atoms with Crippen LogP contribution in [-0.2, 0) is 11.2 Å². The van der Waals surface area contributed by atoms with Crippen LogP contribution in [0.25, 0.3) is 0 Å². The average Bonchev–Trinajstić information content (AvgIpc) is 2.38. The summed E-state index contributed by atoms with van der Waals surface area (Å²) in [4.78, 5) is 12.2. The summed E-state index contributed by atoms with van der Waals surface area (Å²) >= 11 is 5.97. The summed E-state index contributed by atoms with van der Waals surface area (Å²) in [5.41, 5.74) is 6.57. The van der Waals surface area contributed by atoms with Gasteiger partial charge in [0.2, 0.25) is 0 Å². The molecule has 3 nitrogen and oxygen atoms in total. The third-order valence-corrected chi connectivity index (χ3v) is 3.69. The van der Waals surface area contributed by atoms with Crippen molar-refractivity contribution in [3.8, 4) is 5.75 Å². The highest BCUT2D eigenvalue weighted by Crippen LogP contribution is 2.24. The van der Waals surface area contributed by atoms with Crippen molar-refractivity contribution in [3.05, 3.63) is 28.8 Å². The van der Waals surface area contributed by atoms with Crippen molar-refractivity contribution in [1.29, 1.82) is 0 Å². The Morgan fingerprint density at radius 3 is 2.65 bits per heavy atom. The molecule has 0 aliphatic carbocycles. The van der Waals surface area contributed by atoms with E-state index in [2.05, 4.69) is 0 Å². The maximum atomic E-state index is 12.2. The summed E-state index contributed by atoms with van der Waals surface area (Å²) in [6, 6.07) is 5.56. The predicted octanol–water partition coefficient (Wildman–Crippen LogP) is 3.61. The number of carbonyl (C=O) groups is 1. The van der Waals surface area contributed by atoms with Crippen molar-refractivity contribution in [1.82, 2.24) is 0 Å². The molecule has 0 bridgehead atoms. The SMILES string of the molecule is COc1ccc(Cl)cc1CC(=O)C(C)CCCC(C)N. The van der Waals surface area contributed by atoms with Crippen LogP contribution in [0.5, 0.6) is 5.75 Å². The van der Waals surface area contributed by atoms with Crippen LogP contribution >= 0.6 is 11.6 Å². The molecule has 0 saturated carbocycles. The van der Waals surface area contributed by atoms with Gasteiger partial charge in [-0.2, -0.15) is 0 Å². The van der Waals surface area contributed by atoms with E-state index in [-0.39, 0.29) is 17.7 Å². The fourth-order valence-corrected chi connectivity index (χ4v) is 2.35. The Labute approximate surface area is 126 Å². The number of ether oxygens (including phenoxy) is 1. The highest BCUT2D eigenvalue weighted by atomic mass is 35.5. The van der Waals surface area contributed by atoms with Gasteiger partial charge < -0.3 is 10.5 Å². The van der Waals surface area contributed by atoms with Crippen LogP contribution < -0.4 is 10.5 Å². The summed E-state index contributed by atoms with van der Waals surface area (Å²) in [5, 5.41) is 0.623. The smallest absolute Gasteiger partial charge is 0.140 e. The molecule has 0 aromatic heterocycles. The highest BCUT2D eigenvalue weighted by Gasteiger charge is 2.16. The first kappa shape index (κ1) is 17.0. The van der Waals surface area contributed by atoms with Crippen molar-refractivity contribution in [2.24, 2.45) is 11.7 Å². The van der Waals surface area contributed by atoms with E-state index in [0.717, 1.165) is 24.8 Å². The zero-order chi connectivity index (χ0) is 15.1. The summed E-state index contributed by atoms with van der Waals surface area (Å²) < 4.78 is 5.27. The van der Waals surface area contributed by atoms with Gasteiger partial charge in [-0.05, 0) is 38.0 Å². The van der Waals surface area contributed by atoms with Gasteiger partial charge in [0.15, 0.2) is 0 Å². The van der Waals surface area contributed by atoms with E-state index in [4.69, 9.17) is 22.1 Å². The lowest BCUT2D eigenvalue weighted by molar-refractivity contribution is -0.121. The van der Waals surface area contributed by atoms with Crippen molar-refractivity contribution >= 4 is 17.4 Å². The zero-order valence-corrected chi connectivity index (χ0v) is 13.2. The molecule has 0 radical (unpaired) electrons. The van der Waals surface area contributed by atoms with Crippen LogP contribution in [0.15, 0.2) is 18.2 Å². The zero-order valence-electron chi connectivity index (χ0n) is 12.5. The topological polar surface area (TPSA) is 52.3 Å². The Hall–Kier alpha value is -1.06. The first-order valence-electron chi connectivity index (χ1n) is 7.04. The van der Waals surface area contributed by atoms with Gasteiger partial charge in [0.05, 0.1) is 7.11 Å². The molecule has 20 heavy (non-hydrogen) atoms. The maximum Gasteiger partial charge on any atom is 0.140 e. The number of nitrogens with two attached hydrogens (primary N) is 1. The largest absolute Gasteiger partial charge is 0.496 e. The van der Waals surface area contributed by atoms with Gasteiger partial charge >= 0.3 is 0 Å². The molecular weight excluding hydrogens is 274 g/mol. The molecule has 0 fully saturated rings. The van der Waals surface area contributed by atoms with Crippen LogP contribution in [-0.4, -0.2) is 18.9 Å². The molecule has 1 aromatic rings. The van der Waals surface area contributed by atoms with Crippen LogP contribution in [0.3, 0.4) is 0 Å². The molecule has 112 valence electrons. The predicted molar refractivity (Wildman–Crippen MR) is 83.4 cm³/mol. The number of carbonyl (C=O) groups excluding carboxylic acids is 1. The number of benzene rings is 1. The third kappa shape index (κ3) is 5.51. The normalized spacial score (nSPS) is 13.8. The Morgan fingerprint density at radius 2 is 2.05 bits per heavy atom. The van der Waals surface area contributed by atoms with Gasteiger partial charge in [-0.3, -0.25) is 4.79 Å². The monoisotopic (exact) mass is 297 g/mol. The minimum Gasteiger partial charge on any atom is -0.496 e. The van der Waals surface area contributed by atoms with Gasteiger partial charge in [-0.1, -0.05) is 24.9 Å². The van der Waals surface area contributed by atoms with Gasteiger partial charge in [0.1, 0.15) is 11.5 Å². The van der Waals surface area contributed by atoms with E-state index in [1.807, 2.05) is 13.8 Å². The number of ketones is 1. The number of hydrogen-bond donors (Lipinski definition) is 1. The number of Topliss-reactive ketones (excluding diaryl/α,β-unsaturated/α-hetero) is 1. The van der Waals surface area contributed by atoms with Crippen LogP contribution in [0, 0.1) is 5.92 Å². The fourth-order valence-electron chi connectivity index (χ4n) is 2.15. The highest BCUT2D eigenvalue weighted by molar-refractivity contribution is 6.30. The molecule has 1 aromatic carbocycles. The Balaban J connectivity index is 2.59. The van der Waals surface area contributed by atoms with Crippen LogP contribution in [0.2, 0.25) is 5.02 Å². The van der Waals surface area contributed by atoms with Gasteiger partial charge in [-0.25, -0.2) is 0 Å². The lowest BCUT2D eigenvalue weighted by atomic mass is 9.93. The molecule has 0 saturated heterocycles. The minimum absolute atomic E-state index is 0.0393. The number of halogens is 1. The van der Waals surface area contributed by atoms with E-state index >= 15 is 0 Å². The summed E-state index contributed by atoms with van der Waals surface area (Å²) in [7, 11) is 1.60. The molecular formula is C16H24ClNO2. The lowest BCUT2D eigenvalue weighted by Gasteiger charge is -2.13. The Kier molecular flexibility index (Phi) is 7.03. The number of rotatable bonds is 8. The van der Waals surface area contributed by atoms with Crippen LogP contribution in [0.1, 0.15) is 38.7 Å². The van der Waals surface area contributed by atoms with Crippen LogP contribution in [0.4, 0.5) is 0 Å². The summed E-state index contributed by atoms with van der Waals surface area (Å²) in [6.07, 6.45) is 3.18. The van der Waals surface area contributed by atoms with Crippen molar-refractivity contribution in [2.45, 2.75) is 45.6 Å². The molecule has 1 rings (SSSR count). The fraction of sp³-hybridized carbons (Fsp3) is 0.562. The van der Waals surface area contributed by atoms with E-state index < -0.39 is 0 Å². The summed E-state index contributed by atoms with van der Waals surface area (Å²) in [6.45, 7) is 3.96. The average molecular weight is 298 g/mol. The van der Waals surface area contributed by atoms with E-state index in [9.17, 15) is 4.79 Å². The lowest BCUT2D eigenvalue weighted by Crippen LogP contribution is -2.17. The number of hydrogen-bond acceptors (Lipinski definition) is 3. The molecule has 0 amide bonds. The van der Waals surface area contributed by atoms with E-state index in [0.29, 0.717) is 17.2 Å². The third-order valence-electron chi connectivity index (χ3n) is 3.45. The van der Waals surface area contributed by atoms with Gasteiger partial charge in [0, 0.05) is 29.0 Å². The minimum atomic E-state index is 0.0393. The molecule has 2 unspecified atom stereocenters. The maximum absolute atomic E-state index is 12.2.